The molecule has 0 N–H and O–H groups in total. The van der Waals surface area contributed by atoms with E-state index in [1.807, 2.05) is 0 Å². The van der Waals surface area contributed by atoms with E-state index in [4.69, 9.17) is 0 Å². The summed E-state index contributed by atoms with van der Waals surface area (Å²) in [5.41, 5.74) is 1.47. The number of rotatable bonds is 2. The largest absolute Gasteiger partial charge is 0.176 e. The van der Waals surface area contributed by atoms with Crippen LogP contribution in [0.2, 0.25) is 0 Å². The lowest BCUT2D eigenvalue weighted by molar-refractivity contribution is 0.329. The fourth-order valence-corrected chi connectivity index (χ4v) is 2.41. The molecule has 0 amide bonds. The van der Waals surface area contributed by atoms with E-state index in [0.717, 1.165) is 5.92 Å². The zero-order valence-electron chi connectivity index (χ0n) is 7.11. The van der Waals surface area contributed by atoms with Crippen LogP contribution in [0.4, 0.5) is 0 Å². The molecule has 1 fully saturated rings. The predicted molar refractivity (Wildman–Crippen MR) is 55.6 cm³/mol. The summed E-state index contributed by atoms with van der Waals surface area (Å²) in [5, 5.41) is 0.679. The average Bonchev–Trinajstić information content (AvgIpc) is 2.04. The number of thiol groups is 1. The van der Waals surface area contributed by atoms with Gasteiger partial charge in [-0.3, -0.25) is 0 Å². The van der Waals surface area contributed by atoms with Crippen molar-refractivity contribution < 1.29 is 0 Å². The average molecular weight is 178 g/mol. The number of benzene rings is 1. The minimum Gasteiger partial charge on any atom is -0.176 e. The summed E-state index contributed by atoms with van der Waals surface area (Å²) in [6, 6.07) is 10.7. The highest BCUT2D eigenvalue weighted by molar-refractivity contribution is 7.81. The van der Waals surface area contributed by atoms with Gasteiger partial charge in [-0.2, -0.15) is 12.6 Å². The molecule has 0 radical (unpaired) electrons. The second-order valence-electron chi connectivity index (χ2n) is 3.68. The molecule has 1 heteroatoms. The Balaban J connectivity index is 1.88. The molecule has 0 aliphatic heterocycles. The fraction of sp³-hybridized carbons (Fsp3) is 0.455. The topological polar surface area (TPSA) is 0 Å². The maximum atomic E-state index is 4.41. The van der Waals surface area contributed by atoms with Crippen LogP contribution in [0.1, 0.15) is 18.4 Å². The van der Waals surface area contributed by atoms with Crippen molar-refractivity contribution in [2.75, 3.05) is 0 Å². The normalized spacial score (nSPS) is 28.1. The Morgan fingerprint density at radius 1 is 1.17 bits per heavy atom. The van der Waals surface area contributed by atoms with Gasteiger partial charge in [-0.1, -0.05) is 30.3 Å². The van der Waals surface area contributed by atoms with Crippen molar-refractivity contribution in [1.82, 2.24) is 0 Å². The molecule has 0 bridgehead atoms. The van der Waals surface area contributed by atoms with E-state index in [9.17, 15) is 0 Å². The predicted octanol–water partition coefficient (Wildman–Crippen LogP) is 2.94. The Bertz CT molecular complexity index is 236. The third-order valence-corrected chi connectivity index (χ3v) is 3.00. The van der Waals surface area contributed by atoms with E-state index in [1.165, 1.54) is 24.8 Å². The Morgan fingerprint density at radius 3 is 2.42 bits per heavy atom. The van der Waals surface area contributed by atoms with Crippen molar-refractivity contribution in [3.8, 4) is 0 Å². The summed E-state index contributed by atoms with van der Waals surface area (Å²) in [6.07, 6.45) is 3.86. The van der Waals surface area contributed by atoms with Crippen LogP contribution in [0.15, 0.2) is 30.3 Å². The second kappa shape index (κ2) is 3.53. The van der Waals surface area contributed by atoms with E-state index in [-0.39, 0.29) is 0 Å². The monoisotopic (exact) mass is 178 g/mol. The van der Waals surface area contributed by atoms with E-state index in [1.54, 1.807) is 0 Å². The fourth-order valence-electron chi connectivity index (χ4n) is 1.81. The molecule has 1 aromatic carbocycles. The lowest BCUT2D eigenvalue weighted by Gasteiger charge is -2.31. The standard InChI is InChI=1S/C11H14S/c12-11-7-10(8-11)6-9-4-2-1-3-5-9/h1-5,10-12H,6-8H2. The zero-order valence-corrected chi connectivity index (χ0v) is 8.00. The summed E-state index contributed by atoms with van der Waals surface area (Å²) in [4.78, 5) is 0. The molecule has 1 aliphatic rings. The number of hydrogen-bond donors (Lipinski definition) is 1. The maximum absolute atomic E-state index is 4.41. The lowest BCUT2D eigenvalue weighted by atomic mass is 9.80. The van der Waals surface area contributed by atoms with Crippen LogP contribution in [0.5, 0.6) is 0 Å². The van der Waals surface area contributed by atoms with E-state index in [0.29, 0.717) is 5.25 Å². The summed E-state index contributed by atoms with van der Waals surface area (Å²) in [6.45, 7) is 0. The highest BCUT2D eigenvalue weighted by atomic mass is 32.1. The molecule has 12 heavy (non-hydrogen) atoms. The van der Waals surface area contributed by atoms with Crippen molar-refractivity contribution in [3.63, 3.8) is 0 Å². The van der Waals surface area contributed by atoms with Gasteiger partial charge in [0.15, 0.2) is 0 Å². The van der Waals surface area contributed by atoms with Crippen LogP contribution in [-0.2, 0) is 6.42 Å². The Labute approximate surface area is 79.4 Å². The van der Waals surface area contributed by atoms with Crippen molar-refractivity contribution in [2.45, 2.75) is 24.5 Å². The third-order valence-electron chi connectivity index (χ3n) is 2.58. The molecule has 0 spiro atoms. The van der Waals surface area contributed by atoms with Gasteiger partial charge < -0.3 is 0 Å². The van der Waals surface area contributed by atoms with Crippen LogP contribution >= 0.6 is 12.6 Å². The first-order valence-corrected chi connectivity index (χ1v) is 5.08. The molecule has 0 saturated heterocycles. The molecule has 0 atom stereocenters. The summed E-state index contributed by atoms with van der Waals surface area (Å²) in [7, 11) is 0. The van der Waals surface area contributed by atoms with Gasteiger partial charge in [0, 0.05) is 5.25 Å². The van der Waals surface area contributed by atoms with Gasteiger partial charge >= 0.3 is 0 Å². The molecule has 0 nitrogen and oxygen atoms in total. The van der Waals surface area contributed by atoms with Crippen LogP contribution in [0.3, 0.4) is 0 Å². The van der Waals surface area contributed by atoms with Gasteiger partial charge in [0.05, 0.1) is 0 Å². The molecule has 1 aromatic rings. The third kappa shape index (κ3) is 1.84. The summed E-state index contributed by atoms with van der Waals surface area (Å²) < 4.78 is 0. The minimum atomic E-state index is 0.679. The highest BCUT2D eigenvalue weighted by Crippen LogP contribution is 2.33. The number of hydrogen-bond acceptors (Lipinski definition) is 1. The molecular weight excluding hydrogens is 164 g/mol. The van der Waals surface area contributed by atoms with Gasteiger partial charge in [0.2, 0.25) is 0 Å². The first kappa shape index (κ1) is 8.18. The molecule has 64 valence electrons. The SMILES string of the molecule is SC1CC(Cc2ccccc2)C1. The second-order valence-corrected chi connectivity index (χ2v) is 4.41. The van der Waals surface area contributed by atoms with Crippen molar-refractivity contribution in [2.24, 2.45) is 5.92 Å². The van der Waals surface area contributed by atoms with Crippen molar-refractivity contribution in [3.05, 3.63) is 35.9 Å². The van der Waals surface area contributed by atoms with Crippen LogP contribution in [0.25, 0.3) is 0 Å². The van der Waals surface area contributed by atoms with Crippen molar-refractivity contribution in [1.29, 1.82) is 0 Å². The first-order chi connectivity index (χ1) is 5.84. The van der Waals surface area contributed by atoms with E-state index >= 15 is 0 Å². The molecule has 0 aromatic heterocycles. The van der Waals surface area contributed by atoms with Gasteiger partial charge in [-0.15, -0.1) is 0 Å². The quantitative estimate of drug-likeness (QED) is 0.661. The minimum absolute atomic E-state index is 0.679. The maximum Gasteiger partial charge on any atom is 0.00223 e. The molecule has 0 heterocycles. The van der Waals surface area contributed by atoms with Crippen molar-refractivity contribution >= 4 is 12.6 Å². The Hall–Kier alpha value is -0.430. The van der Waals surface area contributed by atoms with Gasteiger partial charge in [-0.05, 0) is 30.7 Å². The molecule has 1 saturated carbocycles. The Kier molecular flexibility index (Phi) is 2.40. The van der Waals surface area contributed by atoms with Gasteiger partial charge in [-0.25, -0.2) is 0 Å². The first-order valence-electron chi connectivity index (χ1n) is 4.56. The van der Waals surface area contributed by atoms with Gasteiger partial charge in [0.25, 0.3) is 0 Å². The van der Waals surface area contributed by atoms with Crippen LogP contribution < -0.4 is 0 Å². The smallest absolute Gasteiger partial charge is 0.00223 e. The summed E-state index contributed by atoms with van der Waals surface area (Å²) in [5.74, 6) is 0.898. The molecular formula is C11H14S. The van der Waals surface area contributed by atoms with Crippen LogP contribution in [-0.4, -0.2) is 5.25 Å². The van der Waals surface area contributed by atoms with Crippen LogP contribution in [0, 0.1) is 5.92 Å². The zero-order chi connectivity index (χ0) is 8.39. The summed E-state index contributed by atoms with van der Waals surface area (Å²) >= 11 is 4.41. The van der Waals surface area contributed by atoms with E-state index in [2.05, 4.69) is 43.0 Å². The molecule has 1 aliphatic carbocycles. The molecule has 2 rings (SSSR count). The highest BCUT2D eigenvalue weighted by Gasteiger charge is 2.25. The van der Waals surface area contributed by atoms with E-state index < -0.39 is 0 Å². The lowest BCUT2D eigenvalue weighted by Crippen LogP contribution is -2.25. The van der Waals surface area contributed by atoms with Gasteiger partial charge in [0.1, 0.15) is 0 Å². The molecule has 0 unspecified atom stereocenters. The Morgan fingerprint density at radius 2 is 1.83 bits per heavy atom.